The van der Waals surface area contributed by atoms with Crippen LogP contribution in [-0.4, -0.2) is 19.6 Å². The van der Waals surface area contributed by atoms with Crippen LogP contribution in [0.3, 0.4) is 0 Å². The predicted octanol–water partition coefficient (Wildman–Crippen LogP) is 3.92. The molecular formula is C17H28FN3. The summed E-state index contributed by atoms with van der Waals surface area (Å²) in [5.41, 5.74) is 6.89. The molecule has 4 heteroatoms. The third-order valence-electron chi connectivity index (χ3n) is 3.37. The minimum atomic E-state index is -0.359. The number of halogens is 1. The van der Waals surface area contributed by atoms with Crippen molar-refractivity contribution >= 4 is 5.69 Å². The Morgan fingerprint density at radius 3 is 2.29 bits per heavy atom. The number of nitrogens with two attached hydrogens (primary N) is 1. The topological polar surface area (TPSA) is 53.0 Å². The first-order chi connectivity index (χ1) is 10.2. The second-order valence-electron chi connectivity index (χ2n) is 4.44. The molecule has 0 unspecified atom stereocenters. The van der Waals surface area contributed by atoms with E-state index in [9.17, 15) is 4.39 Å². The van der Waals surface area contributed by atoms with Crippen molar-refractivity contribution in [1.29, 1.82) is 5.26 Å². The summed E-state index contributed by atoms with van der Waals surface area (Å²) in [5, 5.41) is 9.01. The Bertz CT molecular complexity index is 432. The van der Waals surface area contributed by atoms with E-state index in [2.05, 4.69) is 11.0 Å². The van der Waals surface area contributed by atoms with Crippen LogP contribution in [0.25, 0.3) is 0 Å². The molecule has 3 nitrogen and oxygen atoms in total. The Morgan fingerprint density at radius 1 is 1.24 bits per heavy atom. The van der Waals surface area contributed by atoms with Crippen molar-refractivity contribution in [3.8, 4) is 6.07 Å². The number of piperidine rings is 1. The molecule has 0 aromatic heterocycles. The van der Waals surface area contributed by atoms with Crippen LogP contribution in [0.5, 0.6) is 0 Å². The molecule has 1 aromatic carbocycles. The molecule has 1 heterocycles. The summed E-state index contributed by atoms with van der Waals surface area (Å²) in [6, 6.07) is 6.45. The van der Waals surface area contributed by atoms with Crippen molar-refractivity contribution in [3.63, 3.8) is 0 Å². The van der Waals surface area contributed by atoms with Crippen LogP contribution < -0.4 is 10.6 Å². The number of hydrogen-bond donors (Lipinski definition) is 1. The highest BCUT2D eigenvalue weighted by Gasteiger charge is 2.20. The van der Waals surface area contributed by atoms with E-state index in [0.717, 1.165) is 38.2 Å². The number of rotatable bonds is 2. The molecule has 0 bridgehead atoms. The van der Waals surface area contributed by atoms with Crippen molar-refractivity contribution in [2.24, 2.45) is 11.7 Å². The number of nitriles is 1. The van der Waals surface area contributed by atoms with Gasteiger partial charge in [-0.3, -0.25) is 0 Å². The number of anilines is 1. The quantitative estimate of drug-likeness (QED) is 0.899. The largest absolute Gasteiger partial charge is 0.370 e. The highest BCUT2D eigenvalue weighted by molar-refractivity contribution is 5.59. The fraction of sp³-hybridized carbons (Fsp3) is 0.588. The first kappa shape index (κ1) is 19.4. The molecule has 2 rings (SSSR count). The van der Waals surface area contributed by atoms with Gasteiger partial charge in [-0.2, -0.15) is 5.26 Å². The van der Waals surface area contributed by atoms with E-state index in [0.29, 0.717) is 11.5 Å². The summed E-state index contributed by atoms with van der Waals surface area (Å²) in [6.45, 7) is 10.5. The Labute approximate surface area is 128 Å². The maximum Gasteiger partial charge on any atom is 0.124 e. The van der Waals surface area contributed by atoms with Gasteiger partial charge in [-0.1, -0.05) is 27.7 Å². The summed E-state index contributed by atoms with van der Waals surface area (Å²) in [6.07, 6.45) is 2.08. The number of hydrogen-bond acceptors (Lipinski definition) is 3. The zero-order chi connectivity index (χ0) is 16.3. The van der Waals surface area contributed by atoms with E-state index in [-0.39, 0.29) is 5.82 Å². The molecule has 0 atom stereocenters. The molecule has 1 aliphatic rings. The normalized spacial score (nSPS) is 14.2. The number of nitrogens with zero attached hydrogens (tertiary/aromatic N) is 2. The van der Waals surface area contributed by atoms with E-state index >= 15 is 0 Å². The van der Waals surface area contributed by atoms with Crippen LogP contribution >= 0.6 is 0 Å². The molecule has 0 saturated carbocycles. The predicted molar refractivity (Wildman–Crippen MR) is 87.8 cm³/mol. The molecular weight excluding hydrogens is 265 g/mol. The van der Waals surface area contributed by atoms with Gasteiger partial charge in [0.2, 0.25) is 0 Å². The van der Waals surface area contributed by atoms with Crippen LogP contribution in [0.1, 0.15) is 46.1 Å². The molecule has 0 amide bonds. The molecule has 0 radical (unpaired) electrons. The van der Waals surface area contributed by atoms with Gasteiger partial charge in [-0.05, 0) is 43.5 Å². The molecule has 1 aromatic rings. The summed E-state index contributed by atoms with van der Waals surface area (Å²) < 4.78 is 13.0. The zero-order valence-electron chi connectivity index (χ0n) is 13.7. The van der Waals surface area contributed by atoms with Gasteiger partial charge in [0.25, 0.3) is 0 Å². The van der Waals surface area contributed by atoms with Gasteiger partial charge in [0.1, 0.15) is 11.9 Å². The van der Waals surface area contributed by atoms with Crippen LogP contribution in [0.2, 0.25) is 0 Å². The summed E-state index contributed by atoms with van der Waals surface area (Å²) >= 11 is 0. The van der Waals surface area contributed by atoms with Crippen LogP contribution in [-0.2, 0) is 0 Å². The standard InChI is InChI=1S/C13H16FN3.2C2H6/c14-12-1-2-13(11(7-12)9-16)17-5-3-10(8-15)4-6-17;2*1-2/h1-2,7,10H,3-6,8,15H2;2*1-2H3. The van der Waals surface area contributed by atoms with Crippen LogP contribution in [0, 0.1) is 23.1 Å². The summed E-state index contributed by atoms with van der Waals surface area (Å²) in [7, 11) is 0. The van der Waals surface area contributed by atoms with Gasteiger partial charge in [0.05, 0.1) is 11.3 Å². The highest BCUT2D eigenvalue weighted by Crippen LogP contribution is 2.26. The SMILES string of the molecule is CC.CC.N#Cc1cc(F)ccc1N1CCC(CN)CC1. The van der Waals surface area contributed by atoms with E-state index in [1.807, 2.05) is 27.7 Å². The highest BCUT2D eigenvalue weighted by atomic mass is 19.1. The molecule has 1 fully saturated rings. The van der Waals surface area contributed by atoms with E-state index in [1.54, 1.807) is 6.07 Å². The maximum absolute atomic E-state index is 13.0. The average molecular weight is 293 g/mol. The molecule has 0 spiro atoms. The first-order valence-electron chi connectivity index (χ1n) is 7.89. The van der Waals surface area contributed by atoms with Crippen molar-refractivity contribution < 1.29 is 4.39 Å². The van der Waals surface area contributed by atoms with Crippen LogP contribution in [0.4, 0.5) is 10.1 Å². The van der Waals surface area contributed by atoms with Gasteiger partial charge in [0.15, 0.2) is 0 Å². The molecule has 1 aliphatic heterocycles. The second-order valence-corrected chi connectivity index (χ2v) is 4.44. The molecule has 0 aliphatic carbocycles. The van der Waals surface area contributed by atoms with Gasteiger partial charge in [-0.25, -0.2) is 4.39 Å². The number of benzene rings is 1. The van der Waals surface area contributed by atoms with Crippen molar-refractivity contribution in [2.45, 2.75) is 40.5 Å². The lowest BCUT2D eigenvalue weighted by Gasteiger charge is -2.33. The molecule has 118 valence electrons. The second kappa shape index (κ2) is 11.1. The van der Waals surface area contributed by atoms with Crippen molar-refractivity contribution in [2.75, 3.05) is 24.5 Å². The van der Waals surface area contributed by atoms with E-state index in [1.165, 1.54) is 12.1 Å². The Kier molecular flexibility index (Phi) is 10.3. The third kappa shape index (κ3) is 5.73. The fourth-order valence-corrected chi connectivity index (χ4v) is 2.28. The van der Waals surface area contributed by atoms with Crippen molar-refractivity contribution in [3.05, 3.63) is 29.6 Å². The smallest absolute Gasteiger partial charge is 0.124 e. The maximum atomic E-state index is 13.0. The Balaban J connectivity index is 0.000000921. The van der Waals surface area contributed by atoms with Gasteiger partial charge in [0, 0.05) is 13.1 Å². The van der Waals surface area contributed by atoms with Crippen molar-refractivity contribution in [1.82, 2.24) is 0 Å². The summed E-state index contributed by atoms with van der Waals surface area (Å²) in [5.74, 6) is 0.222. The van der Waals surface area contributed by atoms with E-state index < -0.39 is 0 Å². The van der Waals surface area contributed by atoms with Gasteiger partial charge >= 0.3 is 0 Å². The average Bonchev–Trinajstić information content (AvgIpc) is 2.58. The molecule has 21 heavy (non-hydrogen) atoms. The minimum Gasteiger partial charge on any atom is -0.370 e. The Hall–Kier alpha value is -1.60. The van der Waals surface area contributed by atoms with Gasteiger partial charge in [-0.15, -0.1) is 0 Å². The lowest BCUT2D eigenvalue weighted by Crippen LogP contribution is -2.36. The van der Waals surface area contributed by atoms with Crippen LogP contribution in [0.15, 0.2) is 18.2 Å². The zero-order valence-corrected chi connectivity index (χ0v) is 13.7. The third-order valence-corrected chi connectivity index (χ3v) is 3.37. The lowest BCUT2D eigenvalue weighted by atomic mass is 9.96. The van der Waals surface area contributed by atoms with E-state index in [4.69, 9.17) is 11.0 Å². The minimum absolute atomic E-state index is 0.359. The van der Waals surface area contributed by atoms with Gasteiger partial charge < -0.3 is 10.6 Å². The monoisotopic (exact) mass is 293 g/mol. The summed E-state index contributed by atoms with van der Waals surface area (Å²) in [4.78, 5) is 2.14. The molecule has 2 N–H and O–H groups in total. The lowest BCUT2D eigenvalue weighted by molar-refractivity contribution is 0.414. The molecule has 1 saturated heterocycles. The Morgan fingerprint density at radius 2 is 1.81 bits per heavy atom. The first-order valence-corrected chi connectivity index (χ1v) is 7.89. The fourth-order valence-electron chi connectivity index (χ4n) is 2.28.